The van der Waals surface area contributed by atoms with Gasteiger partial charge in [0.2, 0.25) is 0 Å². The second-order valence-electron chi connectivity index (χ2n) is 8.85. The van der Waals surface area contributed by atoms with Gasteiger partial charge in [-0.2, -0.15) is 0 Å². The maximum atomic E-state index is 13.1. The average Bonchev–Trinajstić information content (AvgIpc) is 2.83. The molecule has 0 saturated heterocycles. The predicted octanol–water partition coefficient (Wildman–Crippen LogP) is 6.10. The van der Waals surface area contributed by atoms with E-state index in [1.54, 1.807) is 18.2 Å². The van der Waals surface area contributed by atoms with Crippen LogP contribution in [0, 0.1) is 0 Å². The number of nitrogens with two attached hydrogens (primary N) is 1. The number of aromatic nitrogens is 2. The third kappa shape index (κ3) is 6.18. The maximum absolute atomic E-state index is 13.1. The van der Waals surface area contributed by atoms with Crippen molar-refractivity contribution in [2.24, 2.45) is 5.73 Å². The average molecular weight is 563 g/mol. The first-order valence-electron chi connectivity index (χ1n) is 11.1. The zero-order chi connectivity index (χ0) is 27.1. The fourth-order valence-electron chi connectivity index (χ4n) is 4.19. The number of benzene rings is 2. The Labute approximate surface area is 209 Å². The highest BCUT2D eigenvalue weighted by molar-refractivity contribution is 8.45. The van der Waals surface area contributed by atoms with Crippen molar-refractivity contribution in [3.05, 3.63) is 66.4 Å². The molecule has 0 spiro atoms. The van der Waals surface area contributed by atoms with Gasteiger partial charge in [0.05, 0.1) is 15.8 Å². The fraction of sp³-hybridized carbons (Fsp3) is 0.261. The lowest BCUT2D eigenvalue weighted by molar-refractivity contribution is 0.0994. The first-order chi connectivity index (χ1) is 17.0. The van der Waals surface area contributed by atoms with Crippen molar-refractivity contribution < 1.29 is 32.6 Å². The number of sulfone groups is 1. The van der Waals surface area contributed by atoms with Crippen molar-refractivity contribution in [1.82, 2.24) is 10.2 Å². The lowest BCUT2D eigenvalue weighted by Gasteiger charge is -2.40. The molecule has 1 aliphatic carbocycles. The van der Waals surface area contributed by atoms with Crippen molar-refractivity contribution in [2.75, 3.05) is 5.32 Å². The topological polar surface area (TPSA) is 115 Å². The lowest BCUT2D eigenvalue weighted by atomic mass is 9.95. The number of carbonyl (C=O) groups is 1. The Hall–Kier alpha value is -3.26. The number of anilines is 1. The van der Waals surface area contributed by atoms with Crippen LogP contribution in [0.5, 0.6) is 0 Å². The lowest BCUT2D eigenvalue weighted by Crippen LogP contribution is -2.32. The molecule has 14 heteroatoms. The summed E-state index contributed by atoms with van der Waals surface area (Å²) in [5.41, 5.74) is 6.44. The van der Waals surface area contributed by atoms with E-state index in [1.165, 1.54) is 18.2 Å². The summed E-state index contributed by atoms with van der Waals surface area (Å²) in [5.74, 6) is -0.713. The van der Waals surface area contributed by atoms with Crippen LogP contribution in [0.15, 0.2) is 70.5 Å². The van der Waals surface area contributed by atoms with Gasteiger partial charge in [0.15, 0.2) is 15.5 Å². The molecule has 0 atom stereocenters. The molecule has 37 heavy (non-hydrogen) atoms. The normalized spacial score (nSPS) is 20.5. The van der Waals surface area contributed by atoms with Crippen LogP contribution in [0.4, 0.5) is 25.1 Å². The van der Waals surface area contributed by atoms with Crippen LogP contribution in [0.3, 0.4) is 0 Å². The largest absolute Gasteiger partial charge is 0.382 e. The summed E-state index contributed by atoms with van der Waals surface area (Å²) in [6.45, 7) is 0. The Balaban J connectivity index is 1.37. The van der Waals surface area contributed by atoms with Gasteiger partial charge in [-0.3, -0.25) is 4.79 Å². The summed E-state index contributed by atoms with van der Waals surface area (Å²) in [5, 5.41) is 10.0. The van der Waals surface area contributed by atoms with E-state index >= 15 is 0 Å². The first kappa shape index (κ1) is 26.8. The molecular formula is C23H23F5N4O3S2. The van der Waals surface area contributed by atoms with Crippen LogP contribution in [-0.4, -0.2) is 35.8 Å². The van der Waals surface area contributed by atoms with E-state index in [4.69, 9.17) is 5.73 Å². The van der Waals surface area contributed by atoms with E-state index in [0.29, 0.717) is 49.1 Å². The molecule has 1 heterocycles. The Kier molecular flexibility index (Phi) is 6.27. The number of hydrogen-bond donors (Lipinski definition) is 2. The Morgan fingerprint density at radius 1 is 0.838 bits per heavy atom. The minimum absolute atomic E-state index is 0.00840. The van der Waals surface area contributed by atoms with Gasteiger partial charge >= 0.3 is 10.2 Å². The second kappa shape index (κ2) is 8.65. The van der Waals surface area contributed by atoms with Crippen molar-refractivity contribution in [3.63, 3.8) is 0 Å². The van der Waals surface area contributed by atoms with Crippen LogP contribution >= 0.6 is 10.2 Å². The van der Waals surface area contributed by atoms with Gasteiger partial charge in [-0.05, 0) is 74.2 Å². The summed E-state index contributed by atoms with van der Waals surface area (Å²) >= 11 is 0. The highest BCUT2D eigenvalue weighted by Crippen LogP contribution is 3.02. The van der Waals surface area contributed by atoms with E-state index in [9.17, 15) is 32.6 Å². The fourth-order valence-corrected chi connectivity index (χ4v) is 6.63. The zero-order valence-corrected chi connectivity index (χ0v) is 20.8. The van der Waals surface area contributed by atoms with Gasteiger partial charge in [-0.15, -0.1) is 10.2 Å². The predicted molar refractivity (Wildman–Crippen MR) is 131 cm³/mol. The van der Waals surface area contributed by atoms with Crippen LogP contribution in [0.2, 0.25) is 0 Å². The van der Waals surface area contributed by atoms with E-state index in [-0.39, 0.29) is 22.3 Å². The van der Waals surface area contributed by atoms with Gasteiger partial charge in [-0.25, -0.2) is 8.42 Å². The van der Waals surface area contributed by atoms with E-state index in [0.717, 1.165) is 12.1 Å². The molecule has 1 fully saturated rings. The molecule has 1 saturated carbocycles. The van der Waals surface area contributed by atoms with Crippen LogP contribution in [0.1, 0.15) is 36.2 Å². The number of rotatable bonds is 7. The third-order valence-electron chi connectivity index (χ3n) is 6.18. The molecule has 1 aromatic heterocycles. The van der Waals surface area contributed by atoms with Gasteiger partial charge in [0, 0.05) is 17.3 Å². The molecule has 4 rings (SSSR count). The van der Waals surface area contributed by atoms with Gasteiger partial charge in [0.25, 0.3) is 5.91 Å². The molecule has 7 nitrogen and oxygen atoms in total. The number of nitrogens with one attached hydrogen (secondary N) is 1. The third-order valence-corrected chi connectivity index (χ3v) is 9.62. The minimum Gasteiger partial charge on any atom is -0.382 e. The van der Waals surface area contributed by atoms with E-state index < -0.39 is 36.1 Å². The van der Waals surface area contributed by atoms with Gasteiger partial charge < -0.3 is 11.1 Å². The Morgan fingerprint density at radius 3 is 1.92 bits per heavy atom. The minimum atomic E-state index is -9.73. The van der Waals surface area contributed by atoms with Crippen molar-refractivity contribution >= 4 is 31.7 Å². The highest BCUT2D eigenvalue weighted by Gasteiger charge is 2.65. The molecular weight excluding hydrogens is 539 g/mol. The summed E-state index contributed by atoms with van der Waals surface area (Å²) in [7, 11) is -13.4. The molecule has 3 N–H and O–H groups in total. The van der Waals surface area contributed by atoms with E-state index in [2.05, 4.69) is 15.5 Å². The number of halogens is 5. The molecule has 1 aliphatic rings. The Morgan fingerprint density at radius 2 is 1.43 bits per heavy atom. The summed E-state index contributed by atoms with van der Waals surface area (Å²) in [6, 6.07) is 11.5. The summed E-state index contributed by atoms with van der Waals surface area (Å²) < 4.78 is 90.7. The quantitative estimate of drug-likeness (QED) is 0.337. The molecule has 200 valence electrons. The zero-order valence-electron chi connectivity index (χ0n) is 19.2. The molecule has 2 aromatic carbocycles. The van der Waals surface area contributed by atoms with Crippen LogP contribution in [0.25, 0.3) is 11.3 Å². The number of hydrogen-bond acceptors (Lipinski definition) is 6. The van der Waals surface area contributed by atoms with Crippen molar-refractivity contribution in [2.45, 2.75) is 46.8 Å². The SMILES string of the molecule is NC(=O)c1ccc(-c2ccc(S(=O)(=O)C3CCC(Nc4ccc(S(F)(F)(F)(F)F)cc4)CC3)cc2)nn1. The Bertz CT molecular complexity index is 1410. The summed E-state index contributed by atoms with van der Waals surface area (Å²) in [4.78, 5) is 9.30. The second-order valence-corrected chi connectivity index (χ2v) is 13.5. The van der Waals surface area contributed by atoms with Crippen molar-refractivity contribution in [1.29, 1.82) is 0 Å². The highest BCUT2D eigenvalue weighted by atomic mass is 32.5. The molecule has 0 bridgehead atoms. The monoisotopic (exact) mass is 562 g/mol. The standard InChI is InChI=1S/C23H23F5N4O3S2/c24-37(25,26,27,28)20-11-5-17(6-12-20)30-16-3-9-19(10-4-16)36(34,35)18-7-1-15(2-8-18)21-13-14-22(23(29)33)32-31-21/h1-2,5-8,11-14,16,19,30H,3-4,9-10H2,(H2,29,33). The number of carbonyl (C=O) groups excluding carboxylic acids is 1. The molecule has 1 amide bonds. The molecule has 3 aromatic rings. The summed E-state index contributed by atoms with van der Waals surface area (Å²) in [6.07, 6.45) is 1.52. The number of amides is 1. The first-order valence-corrected chi connectivity index (χ1v) is 14.6. The van der Waals surface area contributed by atoms with E-state index in [1.807, 2.05) is 0 Å². The maximum Gasteiger partial charge on any atom is 0.310 e. The van der Waals surface area contributed by atoms with Crippen molar-refractivity contribution in [3.8, 4) is 11.3 Å². The number of nitrogens with zero attached hydrogens (tertiary/aromatic N) is 2. The van der Waals surface area contributed by atoms with Crippen LogP contribution < -0.4 is 11.1 Å². The number of primary amides is 1. The molecule has 0 radical (unpaired) electrons. The molecule has 0 aliphatic heterocycles. The smallest absolute Gasteiger partial charge is 0.310 e. The van der Waals surface area contributed by atoms with Gasteiger partial charge in [0.1, 0.15) is 4.90 Å². The molecule has 0 unspecified atom stereocenters. The van der Waals surface area contributed by atoms with Crippen LogP contribution in [-0.2, 0) is 9.84 Å². The van der Waals surface area contributed by atoms with Gasteiger partial charge in [-0.1, -0.05) is 31.6 Å².